The van der Waals surface area contributed by atoms with Crippen LogP contribution in [0.15, 0.2) is 11.6 Å². The van der Waals surface area contributed by atoms with Gasteiger partial charge in [0.05, 0.1) is 6.10 Å². The van der Waals surface area contributed by atoms with Gasteiger partial charge in [0.2, 0.25) is 0 Å². The third-order valence-corrected chi connectivity index (χ3v) is 10.3. The Bertz CT molecular complexity index is 597. The van der Waals surface area contributed by atoms with Gasteiger partial charge in [0.15, 0.2) is 0 Å². The fourth-order valence-electron chi connectivity index (χ4n) is 8.67. The van der Waals surface area contributed by atoms with E-state index < -0.39 is 0 Å². The summed E-state index contributed by atoms with van der Waals surface area (Å²) in [6.45, 7) is 12.6. The van der Waals surface area contributed by atoms with Crippen LogP contribution in [-0.4, -0.2) is 11.2 Å². The van der Waals surface area contributed by atoms with Crippen molar-refractivity contribution in [2.45, 2.75) is 111 Å². The van der Waals surface area contributed by atoms with Gasteiger partial charge in [0.1, 0.15) is 0 Å². The molecule has 0 radical (unpaired) electrons. The zero-order chi connectivity index (χ0) is 20.1. The maximum atomic E-state index is 10.2. The van der Waals surface area contributed by atoms with Crippen LogP contribution in [0.4, 0.5) is 0 Å². The number of rotatable bonds is 5. The molecule has 8 atom stereocenters. The number of hydrogen-bond acceptors (Lipinski definition) is 1. The number of allylic oxidation sites excluding steroid dienone is 1. The minimum absolute atomic E-state index is 0. The van der Waals surface area contributed by atoms with E-state index in [0.29, 0.717) is 10.8 Å². The Labute approximate surface area is 193 Å². The van der Waals surface area contributed by atoms with Gasteiger partial charge in [-0.15, -0.1) is 0 Å². The first-order valence-electron chi connectivity index (χ1n) is 12.6. The van der Waals surface area contributed by atoms with Crippen LogP contribution < -0.4 is 0 Å². The first-order valence-corrected chi connectivity index (χ1v) is 12.6. The van der Waals surface area contributed by atoms with Gasteiger partial charge in [-0.2, -0.15) is 0 Å². The van der Waals surface area contributed by atoms with Gasteiger partial charge < -0.3 is 5.11 Å². The summed E-state index contributed by atoms with van der Waals surface area (Å²) in [6, 6.07) is 0. The Morgan fingerprint density at radius 2 is 1.76 bits per heavy atom. The first kappa shape index (κ1) is 24.0. The number of aliphatic hydroxyl groups excluding tert-OH is 1. The summed E-state index contributed by atoms with van der Waals surface area (Å²) in [5.41, 5.74) is 2.60. The third-order valence-electron chi connectivity index (χ3n) is 10.3. The zero-order valence-corrected chi connectivity index (χ0v) is 23.0. The van der Waals surface area contributed by atoms with Crippen LogP contribution in [0.25, 0.3) is 0 Å². The van der Waals surface area contributed by atoms with Crippen molar-refractivity contribution < 1.29 is 24.6 Å². The molecule has 1 N–H and O–H groups in total. The second-order valence-electron chi connectivity index (χ2n) is 12.2. The summed E-state index contributed by atoms with van der Waals surface area (Å²) in [6.07, 6.45) is 17.2. The number of fused-ring (bicyclic) bond motifs is 5. The summed E-state index contributed by atoms with van der Waals surface area (Å²) in [4.78, 5) is 0. The van der Waals surface area contributed by atoms with Crippen LogP contribution in [0.1, 0.15) is 105 Å². The fraction of sp³-hybridized carbons (Fsp3) is 0.926. The molecule has 3 saturated carbocycles. The zero-order valence-electron chi connectivity index (χ0n) is 20.1. The van der Waals surface area contributed by atoms with Gasteiger partial charge in [0, 0.05) is 19.5 Å². The maximum Gasteiger partial charge on any atom is 0.0577 e. The molecule has 4 aliphatic carbocycles. The molecule has 0 aromatic carbocycles. The Balaban J connectivity index is 0.00000240. The molecule has 0 saturated heterocycles. The summed E-state index contributed by atoms with van der Waals surface area (Å²) in [5, 5.41) is 10.2. The van der Waals surface area contributed by atoms with Crippen molar-refractivity contribution >= 4 is 0 Å². The average Bonchev–Trinajstić information content (AvgIpc) is 2.99. The van der Waals surface area contributed by atoms with Crippen molar-refractivity contribution in [1.82, 2.24) is 0 Å². The van der Waals surface area contributed by atoms with Gasteiger partial charge in [-0.05, 0) is 97.7 Å². The van der Waals surface area contributed by atoms with E-state index in [1.165, 1.54) is 57.8 Å². The molecule has 1 nitrogen and oxygen atoms in total. The fourth-order valence-corrected chi connectivity index (χ4v) is 8.67. The van der Waals surface area contributed by atoms with Crippen molar-refractivity contribution in [3.8, 4) is 0 Å². The molecule has 0 bridgehead atoms. The molecular formula is C27H46OZn. The minimum Gasteiger partial charge on any atom is -0.393 e. The molecule has 0 heterocycles. The number of aliphatic hydroxyl groups is 1. The third kappa shape index (κ3) is 4.20. The molecule has 2 heteroatoms. The van der Waals surface area contributed by atoms with E-state index in [-0.39, 0.29) is 25.6 Å². The standard InChI is InChI=1S/C27H46O.Zn/c1-18(2)7-6-8-19(3)23-11-12-24-22-10-9-20-17-21(28)13-15-26(20,4)25(22)14-16-27(23,24)5;/h9,18-19,21-25,28H,6-8,10-17H2,1-5H3;/t19-,21+,22+,23-,24+,25+,26+,27-;/m1./s1. The van der Waals surface area contributed by atoms with Gasteiger partial charge in [-0.25, -0.2) is 0 Å². The Morgan fingerprint density at radius 3 is 2.48 bits per heavy atom. The van der Waals surface area contributed by atoms with Crippen LogP contribution in [0.5, 0.6) is 0 Å². The van der Waals surface area contributed by atoms with Gasteiger partial charge in [-0.3, -0.25) is 0 Å². The Hall–Kier alpha value is 0.323. The number of hydrogen-bond donors (Lipinski definition) is 1. The van der Waals surface area contributed by atoms with Crippen LogP contribution in [0, 0.1) is 46.3 Å². The van der Waals surface area contributed by atoms with Gasteiger partial charge in [0.25, 0.3) is 0 Å². The second-order valence-corrected chi connectivity index (χ2v) is 12.2. The Kier molecular flexibility index (Phi) is 7.49. The smallest absolute Gasteiger partial charge is 0.0577 e. The minimum atomic E-state index is -0.0766. The summed E-state index contributed by atoms with van der Waals surface area (Å²) >= 11 is 0. The van der Waals surface area contributed by atoms with E-state index in [9.17, 15) is 5.11 Å². The largest absolute Gasteiger partial charge is 0.393 e. The topological polar surface area (TPSA) is 20.2 Å². The van der Waals surface area contributed by atoms with E-state index >= 15 is 0 Å². The molecule has 0 aliphatic heterocycles. The molecule has 4 rings (SSSR count). The van der Waals surface area contributed by atoms with Crippen molar-refractivity contribution in [3.05, 3.63) is 11.6 Å². The molecule has 0 amide bonds. The molecule has 0 spiro atoms. The summed E-state index contributed by atoms with van der Waals surface area (Å²) in [7, 11) is 0. The van der Waals surface area contributed by atoms with Crippen LogP contribution in [0.3, 0.4) is 0 Å². The normalized spacial score (nSPS) is 44.9. The maximum absolute atomic E-state index is 10.2. The molecule has 162 valence electrons. The Morgan fingerprint density at radius 1 is 1.00 bits per heavy atom. The van der Waals surface area contributed by atoms with E-state index in [1.54, 1.807) is 5.57 Å². The van der Waals surface area contributed by atoms with Gasteiger partial charge >= 0.3 is 0 Å². The van der Waals surface area contributed by atoms with E-state index in [4.69, 9.17) is 0 Å². The van der Waals surface area contributed by atoms with E-state index in [0.717, 1.165) is 48.3 Å². The van der Waals surface area contributed by atoms with Crippen LogP contribution in [-0.2, 0) is 19.5 Å². The van der Waals surface area contributed by atoms with Crippen molar-refractivity contribution in [1.29, 1.82) is 0 Å². The SMILES string of the molecule is CC(C)CCC[C@@H](C)[C@H]1CC[C@H]2[C@@H]3CC=C4C[C@@H](O)CC[C@]4(C)[C@H]3CC[C@]12C.[Zn]. The molecule has 0 unspecified atom stereocenters. The molecule has 3 fully saturated rings. The van der Waals surface area contributed by atoms with Gasteiger partial charge in [-0.1, -0.05) is 65.5 Å². The summed E-state index contributed by atoms with van der Waals surface area (Å²) < 4.78 is 0. The average molecular weight is 452 g/mol. The van der Waals surface area contributed by atoms with E-state index in [2.05, 4.69) is 40.7 Å². The predicted octanol–water partition coefficient (Wildman–Crippen LogP) is 7.39. The van der Waals surface area contributed by atoms with Crippen molar-refractivity contribution in [2.24, 2.45) is 46.3 Å². The monoisotopic (exact) mass is 450 g/mol. The molecular weight excluding hydrogens is 406 g/mol. The molecule has 0 aromatic rings. The second kappa shape index (κ2) is 9.06. The molecule has 4 aliphatic rings. The first-order chi connectivity index (χ1) is 13.3. The van der Waals surface area contributed by atoms with Crippen molar-refractivity contribution in [2.75, 3.05) is 0 Å². The predicted molar refractivity (Wildman–Crippen MR) is 119 cm³/mol. The van der Waals surface area contributed by atoms with Crippen LogP contribution >= 0.6 is 0 Å². The summed E-state index contributed by atoms with van der Waals surface area (Å²) in [5.74, 6) is 5.46. The molecule has 29 heavy (non-hydrogen) atoms. The quantitative estimate of drug-likeness (QED) is 0.341. The van der Waals surface area contributed by atoms with E-state index in [1.807, 2.05) is 0 Å². The van der Waals surface area contributed by atoms with Crippen LogP contribution in [0.2, 0.25) is 0 Å². The van der Waals surface area contributed by atoms with Crippen molar-refractivity contribution in [3.63, 3.8) is 0 Å². The molecule has 0 aromatic heterocycles.